The first kappa shape index (κ1) is 18.6. The van der Waals surface area contributed by atoms with Crippen LogP contribution in [0.2, 0.25) is 0 Å². The second-order valence-corrected chi connectivity index (χ2v) is 8.77. The second kappa shape index (κ2) is 6.05. The van der Waals surface area contributed by atoms with E-state index in [2.05, 4.69) is 13.8 Å². The lowest BCUT2D eigenvalue weighted by Gasteiger charge is -2.53. The van der Waals surface area contributed by atoms with Gasteiger partial charge in [-0.15, -0.1) is 0 Å². The molecular formula is C26H23NO3. The second-order valence-electron chi connectivity index (χ2n) is 8.77. The van der Waals surface area contributed by atoms with Gasteiger partial charge in [-0.25, -0.2) is 0 Å². The normalized spacial score (nSPS) is 23.5. The summed E-state index contributed by atoms with van der Waals surface area (Å²) in [6, 6.07) is 22.9. The number of rotatable bonds is 2. The molecule has 2 unspecified atom stereocenters. The van der Waals surface area contributed by atoms with Gasteiger partial charge in [-0.2, -0.15) is 0 Å². The number of carbonyl (C=O) groups is 2. The van der Waals surface area contributed by atoms with E-state index < -0.39 is 22.8 Å². The van der Waals surface area contributed by atoms with Gasteiger partial charge in [0.1, 0.15) is 5.92 Å². The Hall–Kier alpha value is -3.40. The Kier molecular flexibility index (Phi) is 3.75. The molecule has 0 fully saturated rings. The Balaban J connectivity index is 1.97. The lowest BCUT2D eigenvalue weighted by Crippen LogP contribution is -2.63. The summed E-state index contributed by atoms with van der Waals surface area (Å²) in [5.74, 6) is -1.99. The number of carboxylic acid groups (broad SMARTS) is 1. The Morgan fingerprint density at radius 3 is 2.27 bits per heavy atom. The number of hydrogen-bond acceptors (Lipinski definition) is 2. The molecule has 4 heteroatoms. The van der Waals surface area contributed by atoms with Crippen LogP contribution in [0.5, 0.6) is 0 Å². The molecular weight excluding hydrogens is 374 g/mol. The van der Waals surface area contributed by atoms with E-state index >= 15 is 0 Å². The number of amides is 1. The molecule has 0 aliphatic carbocycles. The average Bonchev–Trinajstić information content (AvgIpc) is 2.94. The van der Waals surface area contributed by atoms with Crippen LogP contribution in [-0.2, 0) is 15.7 Å². The van der Waals surface area contributed by atoms with Gasteiger partial charge in [-0.3, -0.25) is 14.5 Å². The first-order valence-electron chi connectivity index (χ1n) is 10.1. The van der Waals surface area contributed by atoms with Crippen molar-refractivity contribution in [1.82, 2.24) is 0 Å². The van der Waals surface area contributed by atoms with Gasteiger partial charge in [0.2, 0.25) is 0 Å². The standard InChI is InChI=1S/C26H23NO3/c1-16-12-14-17(15-13-16)26-22(24(29)30)18-8-4-5-9-19(18)23(28)27(26)21-11-7-6-10-20(21)25(26,2)3/h4-15,22H,1-3H3,(H,29,30). The lowest BCUT2D eigenvalue weighted by atomic mass is 9.57. The largest absolute Gasteiger partial charge is 0.481 e. The fraction of sp³-hybridized carbons (Fsp3) is 0.231. The van der Waals surface area contributed by atoms with E-state index in [0.717, 1.165) is 22.4 Å². The first-order chi connectivity index (χ1) is 14.3. The van der Waals surface area contributed by atoms with Crippen molar-refractivity contribution in [1.29, 1.82) is 0 Å². The van der Waals surface area contributed by atoms with Crippen molar-refractivity contribution in [2.75, 3.05) is 4.90 Å². The molecule has 5 rings (SSSR count). The van der Waals surface area contributed by atoms with E-state index in [1.807, 2.05) is 61.5 Å². The Morgan fingerprint density at radius 2 is 1.57 bits per heavy atom. The topological polar surface area (TPSA) is 57.6 Å². The van der Waals surface area contributed by atoms with Crippen LogP contribution >= 0.6 is 0 Å². The molecule has 30 heavy (non-hydrogen) atoms. The number of carbonyl (C=O) groups excluding carboxylic acids is 1. The van der Waals surface area contributed by atoms with Crippen LogP contribution in [-0.4, -0.2) is 17.0 Å². The third-order valence-electron chi connectivity index (χ3n) is 6.99. The van der Waals surface area contributed by atoms with E-state index in [0.29, 0.717) is 11.1 Å². The van der Waals surface area contributed by atoms with Crippen molar-refractivity contribution in [2.24, 2.45) is 0 Å². The summed E-state index contributed by atoms with van der Waals surface area (Å²) in [5.41, 5.74) is 3.01. The highest BCUT2D eigenvalue weighted by atomic mass is 16.4. The quantitative estimate of drug-likeness (QED) is 0.661. The fourth-order valence-electron chi connectivity index (χ4n) is 5.70. The predicted molar refractivity (Wildman–Crippen MR) is 116 cm³/mol. The first-order valence-corrected chi connectivity index (χ1v) is 10.1. The minimum atomic E-state index is -1.08. The summed E-state index contributed by atoms with van der Waals surface area (Å²) in [6.07, 6.45) is 0. The summed E-state index contributed by atoms with van der Waals surface area (Å²) in [7, 11) is 0. The third-order valence-corrected chi connectivity index (χ3v) is 6.99. The minimum absolute atomic E-state index is 0.151. The number of anilines is 1. The van der Waals surface area contributed by atoms with Crippen LogP contribution in [0.15, 0.2) is 72.8 Å². The van der Waals surface area contributed by atoms with Gasteiger partial charge in [0, 0.05) is 16.7 Å². The molecule has 0 aromatic heterocycles. The van der Waals surface area contributed by atoms with Crippen LogP contribution in [0.25, 0.3) is 0 Å². The number of hydrogen-bond donors (Lipinski definition) is 1. The van der Waals surface area contributed by atoms with E-state index in [4.69, 9.17) is 0 Å². The van der Waals surface area contributed by atoms with Crippen molar-refractivity contribution in [3.8, 4) is 0 Å². The molecule has 3 aromatic carbocycles. The summed E-state index contributed by atoms with van der Waals surface area (Å²) in [6.45, 7) is 6.12. The van der Waals surface area contributed by atoms with Gasteiger partial charge in [0.05, 0.1) is 5.54 Å². The highest BCUT2D eigenvalue weighted by Crippen LogP contribution is 2.64. The number of para-hydroxylation sites is 1. The fourth-order valence-corrected chi connectivity index (χ4v) is 5.70. The summed E-state index contributed by atoms with van der Waals surface area (Å²) in [4.78, 5) is 28.6. The molecule has 2 aliphatic rings. The van der Waals surface area contributed by atoms with E-state index in [-0.39, 0.29) is 5.91 Å². The van der Waals surface area contributed by atoms with Crippen molar-refractivity contribution in [3.63, 3.8) is 0 Å². The molecule has 1 N–H and O–H groups in total. The molecule has 0 spiro atoms. The predicted octanol–water partition coefficient (Wildman–Crippen LogP) is 5.01. The van der Waals surface area contributed by atoms with Crippen molar-refractivity contribution < 1.29 is 14.7 Å². The van der Waals surface area contributed by atoms with E-state index in [9.17, 15) is 14.7 Å². The van der Waals surface area contributed by atoms with E-state index in [1.54, 1.807) is 23.1 Å². The molecule has 1 amide bonds. The van der Waals surface area contributed by atoms with Crippen LogP contribution in [0.4, 0.5) is 5.69 Å². The molecule has 0 saturated heterocycles. The molecule has 0 bridgehead atoms. The molecule has 150 valence electrons. The maximum atomic E-state index is 13.9. The lowest BCUT2D eigenvalue weighted by molar-refractivity contribution is -0.141. The maximum absolute atomic E-state index is 13.9. The summed E-state index contributed by atoms with van der Waals surface area (Å²) in [5, 5.41) is 10.6. The van der Waals surface area contributed by atoms with Gasteiger partial charge in [-0.1, -0.05) is 80.1 Å². The zero-order chi connectivity index (χ0) is 21.3. The van der Waals surface area contributed by atoms with Gasteiger partial charge < -0.3 is 5.11 Å². The number of nitrogens with zero attached hydrogens (tertiary/aromatic N) is 1. The molecule has 0 saturated carbocycles. The summed E-state index contributed by atoms with van der Waals surface area (Å²) < 4.78 is 0. The zero-order valence-electron chi connectivity index (χ0n) is 17.2. The van der Waals surface area contributed by atoms with Crippen molar-refractivity contribution in [3.05, 3.63) is 101 Å². The molecule has 2 aliphatic heterocycles. The molecule has 2 heterocycles. The minimum Gasteiger partial charge on any atom is -0.481 e. The SMILES string of the molecule is Cc1ccc(C23C(C(=O)O)c4ccccc4C(=O)N2c2ccccc2C3(C)C)cc1. The number of benzene rings is 3. The Morgan fingerprint density at radius 1 is 0.933 bits per heavy atom. The van der Waals surface area contributed by atoms with E-state index in [1.165, 1.54) is 0 Å². The van der Waals surface area contributed by atoms with Crippen LogP contribution < -0.4 is 4.90 Å². The molecule has 2 atom stereocenters. The number of aryl methyl sites for hydroxylation is 1. The molecule has 0 radical (unpaired) electrons. The zero-order valence-corrected chi connectivity index (χ0v) is 17.2. The molecule has 4 nitrogen and oxygen atoms in total. The van der Waals surface area contributed by atoms with Gasteiger partial charge in [0.25, 0.3) is 5.91 Å². The monoisotopic (exact) mass is 397 g/mol. The Bertz CT molecular complexity index is 1190. The van der Waals surface area contributed by atoms with Gasteiger partial charge in [-0.05, 0) is 35.7 Å². The highest BCUT2D eigenvalue weighted by molar-refractivity contribution is 6.14. The van der Waals surface area contributed by atoms with Crippen molar-refractivity contribution in [2.45, 2.75) is 37.6 Å². The van der Waals surface area contributed by atoms with Gasteiger partial charge in [0.15, 0.2) is 0 Å². The third kappa shape index (κ3) is 2.06. The molecule has 3 aromatic rings. The maximum Gasteiger partial charge on any atom is 0.313 e. The van der Waals surface area contributed by atoms with Crippen molar-refractivity contribution >= 4 is 17.6 Å². The van der Waals surface area contributed by atoms with Gasteiger partial charge >= 0.3 is 5.97 Å². The smallest absolute Gasteiger partial charge is 0.313 e. The van der Waals surface area contributed by atoms with Crippen LogP contribution in [0.1, 0.15) is 52.4 Å². The number of aliphatic carboxylic acids is 1. The van der Waals surface area contributed by atoms with Crippen LogP contribution in [0, 0.1) is 6.92 Å². The summed E-state index contributed by atoms with van der Waals surface area (Å²) >= 11 is 0. The number of fused-ring (bicyclic) bond motifs is 4. The number of carboxylic acids is 1. The highest BCUT2D eigenvalue weighted by Gasteiger charge is 2.68. The van der Waals surface area contributed by atoms with Crippen LogP contribution in [0.3, 0.4) is 0 Å². The average molecular weight is 397 g/mol. The Labute approximate surface area is 175 Å².